The Morgan fingerprint density at radius 3 is 2.43 bits per heavy atom. The molecule has 1 amide bonds. The highest BCUT2D eigenvalue weighted by Gasteiger charge is 2.23. The van der Waals surface area contributed by atoms with Gasteiger partial charge in [0.15, 0.2) is 11.6 Å². The molecule has 2 heterocycles. The van der Waals surface area contributed by atoms with E-state index in [2.05, 4.69) is 26.9 Å². The molecule has 0 spiro atoms. The van der Waals surface area contributed by atoms with Gasteiger partial charge in [-0.05, 0) is 62.1 Å². The fraction of sp³-hybridized carbons (Fsp3) is 0.353. The Bertz CT molecular complexity index is 674. The maximum atomic E-state index is 11.9. The first-order chi connectivity index (χ1) is 11.1. The number of amides is 1. The molecule has 6 heteroatoms. The number of carbonyl (C=O) groups excluding carboxylic acids is 1. The summed E-state index contributed by atoms with van der Waals surface area (Å²) in [4.78, 5) is 11.9. The maximum Gasteiger partial charge on any atom is 0.254 e. The summed E-state index contributed by atoms with van der Waals surface area (Å²) in [7, 11) is 0. The lowest BCUT2D eigenvalue weighted by molar-refractivity contribution is -0.124. The molecule has 1 fully saturated rings. The van der Waals surface area contributed by atoms with E-state index in [1.54, 1.807) is 12.1 Å². The van der Waals surface area contributed by atoms with E-state index in [1.807, 2.05) is 26.0 Å². The average molecular weight is 312 g/mol. The SMILES string of the molecule is Cc1cc(C)cc(Nc2ccc(NC(=O)C3CCCO3)nn2)c1. The lowest BCUT2D eigenvalue weighted by Crippen LogP contribution is -2.27. The van der Waals surface area contributed by atoms with Crippen molar-refractivity contribution in [3.63, 3.8) is 0 Å². The third-order valence-electron chi connectivity index (χ3n) is 3.63. The molecule has 1 aliphatic heterocycles. The molecule has 1 atom stereocenters. The Hall–Kier alpha value is -2.47. The Morgan fingerprint density at radius 1 is 1.13 bits per heavy atom. The van der Waals surface area contributed by atoms with Crippen LogP contribution in [-0.4, -0.2) is 28.8 Å². The minimum absolute atomic E-state index is 0.160. The summed E-state index contributed by atoms with van der Waals surface area (Å²) < 4.78 is 5.34. The van der Waals surface area contributed by atoms with Crippen molar-refractivity contribution >= 4 is 23.2 Å². The first kappa shape index (κ1) is 15.4. The normalized spacial score (nSPS) is 17.0. The molecule has 1 unspecified atom stereocenters. The third kappa shape index (κ3) is 4.04. The third-order valence-corrected chi connectivity index (χ3v) is 3.63. The van der Waals surface area contributed by atoms with Crippen LogP contribution in [0.1, 0.15) is 24.0 Å². The number of aryl methyl sites for hydroxylation is 2. The Labute approximate surface area is 135 Å². The van der Waals surface area contributed by atoms with Gasteiger partial charge in [0.25, 0.3) is 5.91 Å². The van der Waals surface area contributed by atoms with Crippen LogP contribution in [0.4, 0.5) is 17.3 Å². The van der Waals surface area contributed by atoms with Crippen LogP contribution < -0.4 is 10.6 Å². The molecule has 1 aromatic heterocycles. The largest absolute Gasteiger partial charge is 0.368 e. The van der Waals surface area contributed by atoms with E-state index in [1.165, 1.54) is 11.1 Å². The van der Waals surface area contributed by atoms with Crippen molar-refractivity contribution < 1.29 is 9.53 Å². The summed E-state index contributed by atoms with van der Waals surface area (Å²) in [6, 6.07) is 9.71. The number of aromatic nitrogens is 2. The standard InChI is InChI=1S/C17H20N4O2/c1-11-8-12(2)10-13(9-11)18-15-5-6-16(21-20-15)19-17(22)14-4-3-7-23-14/h5-6,8-10,14H,3-4,7H2,1-2H3,(H,18,20)(H,19,21,22). The second-order valence-electron chi connectivity index (χ2n) is 5.80. The first-order valence-corrected chi connectivity index (χ1v) is 7.72. The fourth-order valence-corrected chi connectivity index (χ4v) is 2.65. The molecule has 0 bridgehead atoms. The van der Waals surface area contributed by atoms with Crippen LogP contribution in [0.5, 0.6) is 0 Å². The van der Waals surface area contributed by atoms with E-state index in [-0.39, 0.29) is 12.0 Å². The van der Waals surface area contributed by atoms with E-state index in [9.17, 15) is 4.79 Å². The van der Waals surface area contributed by atoms with Crippen molar-refractivity contribution in [2.24, 2.45) is 0 Å². The van der Waals surface area contributed by atoms with Crippen molar-refractivity contribution in [1.29, 1.82) is 0 Å². The maximum absolute atomic E-state index is 11.9. The highest BCUT2D eigenvalue weighted by Crippen LogP contribution is 2.19. The molecule has 1 aliphatic rings. The molecule has 2 aromatic rings. The average Bonchev–Trinajstić information content (AvgIpc) is 3.02. The van der Waals surface area contributed by atoms with E-state index < -0.39 is 0 Å². The van der Waals surface area contributed by atoms with Crippen molar-refractivity contribution in [2.45, 2.75) is 32.8 Å². The summed E-state index contributed by atoms with van der Waals surface area (Å²) in [6.45, 7) is 4.74. The van der Waals surface area contributed by atoms with Crippen LogP contribution in [0.3, 0.4) is 0 Å². The predicted octanol–water partition coefficient (Wildman–Crippen LogP) is 2.95. The highest BCUT2D eigenvalue weighted by molar-refractivity contribution is 5.93. The second-order valence-corrected chi connectivity index (χ2v) is 5.80. The number of ether oxygens (including phenoxy) is 1. The molecule has 0 radical (unpaired) electrons. The number of nitrogens with zero attached hydrogens (tertiary/aromatic N) is 2. The molecule has 3 rings (SSSR count). The Kier molecular flexibility index (Phi) is 4.52. The molecule has 6 nitrogen and oxygen atoms in total. The zero-order valence-corrected chi connectivity index (χ0v) is 13.3. The molecular weight excluding hydrogens is 292 g/mol. The molecule has 0 aliphatic carbocycles. The molecule has 1 saturated heterocycles. The lowest BCUT2D eigenvalue weighted by Gasteiger charge is -2.10. The smallest absolute Gasteiger partial charge is 0.254 e. The van der Waals surface area contributed by atoms with E-state index in [0.29, 0.717) is 18.2 Å². The summed E-state index contributed by atoms with van der Waals surface area (Å²) >= 11 is 0. The Morgan fingerprint density at radius 2 is 1.83 bits per heavy atom. The quantitative estimate of drug-likeness (QED) is 0.907. The fourth-order valence-electron chi connectivity index (χ4n) is 2.65. The van der Waals surface area contributed by atoms with Crippen molar-refractivity contribution in [2.75, 3.05) is 17.2 Å². The number of hydrogen-bond acceptors (Lipinski definition) is 5. The van der Waals surface area contributed by atoms with Crippen LogP contribution in [0, 0.1) is 13.8 Å². The molecule has 0 saturated carbocycles. The Balaban J connectivity index is 1.63. The molecule has 2 N–H and O–H groups in total. The van der Waals surface area contributed by atoms with Crippen molar-refractivity contribution in [3.05, 3.63) is 41.5 Å². The van der Waals surface area contributed by atoms with Crippen LogP contribution >= 0.6 is 0 Å². The summed E-state index contributed by atoms with van der Waals surface area (Å²) in [5.41, 5.74) is 3.33. The van der Waals surface area contributed by atoms with Gasteiger partial charge < -0.3 is 15.4 Å². The minimum Gasteiger partial charge on any atom is -0.368 e. The van der Waals surface area contributed by atoms with Crippen LogP contribution in [-0.2, 0) is 9.53 Å². The zero-order valence-electron chi connectivity index (χ0n) is 13.3. The minimum atomic E-state index is -0.370. The zero-order chi connectivity index (χ0) is 16.2. The van der Waals surface area contributed by atoms with E-state index in [0.717, 1.165) is 18.5 Å². The van der Waals surface area contributed by atoms with Crippen molar-refractivity contribution in [3.8, 4) is 0 Å². The summed E-state index contributed by atoms with van der Waals surface area (Å²) in [5.74, 6) is 0.897. The molecular formula is C17H20N4O2. The van der Waals surface area contributed by atoms with Gasteiger partial charge in [-0.1, -0.05) is 6.07 Å². The number of carbonyl (C=O) groups is 1. The topological polar surface area (TPSA) is 76.1 Å². The highest BCUT2D eigenvalue weighted by atomic mass is 16.5. The van der Waals surface area contributed by atoms with Gasteiger partial charge in [-0.2, -0.15) is 0 Å². The van der Waals surface area contributed by atoms with Gasteiger partial charge in [-0.3, -0.25) is 4.79 Å². The van der Waals surface area contributed by atoms with Gasteiger partial charge in [0, 0.05) is 12.3 Å². The number of hydrogen-bond donors (Lipinski definition) is 2. The number of nitrogens with one attached hydrogen (secondary N) is 2. The number of anilines is 3. The monoisotopic (exact) mass is 312 g/mol. The van der Waals surface area contributed by atoms with Gasteiger partial charge in [0.1, 0.15) is 6.10 Å². The van der Waals surface area contributed by atoms with E-state index >= 15 is 0 Å². The molecule has 120 valence electrons. The van der Waals surface area contributed by atoms with Crippen LogP contribution in [0.15, 0.2) is 30.3 Å². The van der Waals surface area contributed by atoms with Crippen molar-refractivity contribution in [1.82, 2.24) is 10.2 Å². The van der Waals surface area contributed by atoms with Gasteiger partial charge in [0.2, 0.25) is 0 Å². The second kappa shape index (κ2) is 6.75. The van der Waals surface area contributed by atoms with Crippen LogP contribution in [0.2, 0.25) is 0 Å². The van der Waals surface area contributed by atoms with Gasteiger partial charge in [0.05, 0.1) is 0 Å². The van der Waals surface area contributed by atoms with E-state index in [4.69, 9.17) is 4.74 Å². The van der Waals surface area contributed by atoms with Crippen LogP contribution in [0.25, 0.3) is 0 Å². The number of benzene rings is 1. The van der Waals surface area contributed by atoms with Gasteiger partial charge in [-0.25, -0.2) is 0 Å². The summed E-state index contributed by atoms with van der Waals surface area (Å²) in [6.07, 6.45) is 1.30. The summed E-state index contributed by atoms with van der Waals surface area (Å²) in [5, 5.41) is 14.1. The molecule has 1 aromatic carbocycles. The first-order valence-electron chi connectivity index (χ1n) is 7.72. The lowest BCUT2D eigenvalue weighted by atomic mass is 10.1. The number of rotatable bonds is 4. The van der Waals surface area contributed by atoms with Gasteiger partial charge in [-0.15, -0.1) is 10.2 Å². The van der Waals surface area contributed by atoms with Gasteiger partial charge >= 0.3 is 0 Å². The predicted molar refractivity (Wildman–Crippen MR) is 88.8 cm³/mol. The molecule has 23 heavy (non-hydrogen) atoms.